The lowest BCUT2D eigenvalue weighted by Gasteiger charge is -2.12. The smallest absolute Gasteiger partial charge is 0.414 e. The molecule has 5 nitrogen and oxygen atoms in total. The van der Waals surface area contributed by atoms with Gasteiger partial charge in [0, 0.05) is 11.4 Å². The number of rotatable bonds is 2. The van der Waals surface area contributed by atoms with Gasteiger partial charge in [-0.25, -0.2) is 4.79 Å². The fourth-order valence-corrected chi connectivity index (χ4v) is 1.48. The van der Waals surface area contributed by atoms with Crippen molar-refractivity contribution in [3.63, 3.8) is 0 Å². The predicted octanol–water partition coefficient (Wildman–Crippen LogP) is 1.01. The van der Waals surface area contributed by atoms with Gasteiger partial charge in [0.25, 0.3) is 0 Å². The van der Waals surface area contributed by atoms with Gasteiger partial charge in [-0.2, -0.15) is 0 Å². The van der Waals surface area contributed by atoms with Gasteiger partial charge in [-0.15, -0.1) is 12.4 Å². The third-order valence-corrected chi connectivity index (χ3v) is 2.28. The Hall–Kier alpha value is -1.46. The number of anilines is 2. The van der Waals surface area contributed by atoms with Crippen LogP contribution in [0.1, 0.15) is 0 Å². The highest BCUT2D eigenvalue weighted by molar-refractivity contribution is 5.89. The van der Waals surface area contributed by atoms with E-state index in [0.29, 0.717) is 12.2 Å². The van der Waals surface area contributed by atoms with E-state index in [1.165, 1.54) is 4.90 Å². The second-order valence-electron chi connectivity index (χ2n) is 3.39. The third kappa shape index (κ3) is 2.37. The SMILES string of the molecule is Cl.Nc1ccc(N2CC(CO)OC2=O)cc1. The molecule has 0 bridgehead atoms. The van der Waals surface area contributed by atoms with Crippen LogP contribution >= 0.6 is 12.4 Å². The van der Waals surface area contributed by atoms with Crippen LogP contribution in [0.5, 0.6) is 0 Å². The molecule has 3 N–H and O–H groups in total. The second kappa shape index (κ2) is 5.05. The molecule has 1 unspecified atom stereocenters. The first-order valence-corrected chi connectivity index (χ1v) is 4.65. The molecule has 16 heavy (non-hydrogen) atoms. The van der Waals surface area contributed by atoms with Crippen molar-refractivity contribution >= 4 is 29.9 Å². The minimum absolute atomic E-state index is 0. The lowest BCUT2D eigenvalue weighted by molar-refractivity contribution is 0.0963. The molecule has 2 rings (SSSR count). The lowest BCUT2D eigenvalue weighted by atomic mass is 10.2. The second-order valence-corrected chi connectivity index (χ2v) is 3.39. The van der Waals surface area contributed by atoms with Gasteiger partial charge < -0.3 is 15.6 Å². The van der Waals surface area contributed by atoms with Gasteiger partial charge in [0.1, 0.15) is 6.10 Å². The minimum atomic E-state index is -0.435. The maximum absolute atomic E-state index is 11.4. The number of benzene rings is 1. The molecule has 1 aliphatic heterocycles. The molecule has 1 amide bonds. The quantitative estimate of drug-likeness (QED) is 0.762. The fraction of sp³-hybridized carbons (Fsp3) is 0.300. The summed E-state index contributed by atoms with van der Waals surface area (Å²) in [4.78, 5) is 12.9. The number of nitrogens with two attached hydrogens (primary N) is 1. The number of nitrogens with zero attached hydrogens (tertiary/aromatic N) is 1. The van der Waals surface area contributed by atoms with Crippen molar-refractivity contribution in [2.75, 3.05) is 23.8 Å². The summed E-state index contributed by atoms with van der Waals surface area (Å²) in [6, 6.07) is 6.93. The Balaban J connectivity index is 0.00000128. The van der Waals surface area contributed by atoms with Crippen molar-refractivity contribution in [1.29, 1.82) is 0 Å². The summed E-state index contributed by atoms with van der Waals surface area (Å²) >= 11 is 0. The molecule has 0 spiro atoms. The first kappa shape index (κ1) is 12.6. The summed E-state index contributed by atoms with van der Waals surface area (Å²) in [6.45, 7) is 0.219. The molecule has 0 aliphatic carbocycles. The molecule has 1 aliphatic rings. The molecule has 6 heteroatoms. The Morgan fingerprint density at radius 1 is 1.44 bits per heavy atom. The van der Waals surface area contributed by atoms with Crippen LogP contribution in [0, 0.1) is 0 Å². The Kier molecular flexibility index (Phi) is 3.98. The summed E-state index contributed by atoms with van der Waals surface area (Å²) in [7, 11) is 0. The van der Waals surface area contributed by atoms with Crippen molar-refractivity contribution in [2.45, 2.75) is 6.10 Å². The molecule has 1 fully saturated rings. The van der Waals surface area contributed by atoms with E-state index >= 15 is 0 Å². The van der Waals surface area contributed by atoms with Crippen molar-refractivity contribution in [2.24, 2.45) is 0 Å². The van der Waals surface area contributed by atoms with E-state index in [1.807, 2.05) is 0 Å². The van der Waals surface area contributed by atoms with E-state index in [-0.39, 0.29) is 19.0 Å². The number of hydrogen-bond acceptors (Lipinski definition) is 4. The van der Waals surface area contributed by atoms with Crippen LogP contribution in [0.15, 0.2) is 24.3 Å². The van der Waals surface area contributed by atoms with E-state index in [1.54, 1.807) is 24.3 Å². The highest BCUT2D eigenvalue weighted by Gasteiger charge is 2.31. The van der Waals surface area contributed by atoms with Crippen molar-refractivity contribution in [3.8, 4) is 0 Å². The molecule has 0 aromatic heterocycles. The molecule has 1 saturated heterocycles. The maximum atomic E-state index is 11.4. The Morgan fingerprint density at radius 3 is 2.56 bits per heavy atom. The number of ether oxygens (including phenoxy) is 1. The highest BCUT2D eigenvalue weighted by Crippen LogP contribution is 2.22. The Morgan fingerprint density at radius 2 is 2.06 bits per heavy atom. The molecule has 1 heterocycles. The summed E-state index contributed by atoms with van der Waals surface area (Å²) in [6.07, 6.45) is -0.867. The largest absolute Gasteiger partial charge is 0.441 e. The van der Waals surface area contributed by atoms with Crippen molar-refractivity contribution in [3.05, 3.63) is 24.3 Å². The molecule has 88 valence electrons. The van der Waals surface area contributed by atoms with Crippen LogP contribution in [-0.4, -0.2) is 30.5 Å². The zero-order valence-electron chi connectivity index (χ0n) is 8.50. The number of amides is 1. The van der Waals surface area contributed by atoms with Crippen LogP contribution in [0.25, 0.3) is 0 Å². The Labute approximate surface area is 99.2 Å². The average molecular weight is 245 g/mol. The van der Waals surface area contributed by atoms with E-state index in [4.69, 9.17) is 15.6 Å². The first-order chi connectivity index (χ1) is 7.20. The Bertz CT molecular complexity index is 369. The number of carbonyl (C=O) groups excluding carboxylic acids is 1. The normalized spacial score (nSPS) is 19.2. The third-order valence-electron chi connectivity index (χ3n) is 2.28. The van der Waals surface area contributed by atoms with Crippen molar-refractivity contribution in [1.82, 2.24) is 0 Å². The molecule has 1 aromatic carbocycles. The number of cyclic esters (lactones) is 1. The van der Waals surface area contributed by atoms with Crippen molar-refractivity contribution < 1.29 is 14.6 Å². The van der Waals surface area contributed by atoms with Gasteiger partial charge in [-0.3, -0.25) is 4.90 Å². The molecular formula is C10H13ClN2O3. The summed E-state index contributed by atoms with van der Waals surface area (Å²) in [5.74, 6) is 0. The van der Waals surface area contributed by atoms with Crippen LogP contribution in [-0.2, 0) is 4.74 Å². The van der Waals surface area contributed by atoms with E-state index < -0.39 is 12.2 Å². The van der Waals surface area contributed by atoms with E-state index in [2.05, 4.69) is 0 Å². The van der Waals surface area contributed by atoms with Gasteiger partial charge in [-0.05, 0) is 24.3 Å². The van der Waals surface area contributed by atoms with Crippen LogP contribution < -0.4 is 10.6 Å². The summed E-state index contributed by atoms with van der Waals surface area (Å²) in [5.41, 5.74) is 6.91. The maximum Gasteiger partial charge on any atom is 0.414 e. The molecule has 0 saturated carbocycles. The standard InChI is InChI=1S/C10H12N2O3.ClH/c11-7-1-3-8(4-2-7)12-5-9(6-13)15-10(12)14;/h1-4,9,13H,5-6,11H2;1H. The molecular weight excluding hydrogens is 232 g/mol. The van der Waals surface area contributed by atoms with Crippen LogP contribution in [0.3, 0.4) is 0 Å². The molecule has 1 atom stereocenters. The zero-order chi connectivity index (χ0) is 10.8. The molecule has 0 radical (unpaired) electrons. The first-order valence-electron chi connectivity index (χ1n) is 4.65. The predicted molar refractivity (Wildman–Crippen MR) is 62.8 cm³/mol. The average Bonchev–Trinajstić information content (AvgIpc) is 2.61. The number of nitrogen functional groups attached to an aromatic ring is 1. The topological polar surface area (TPSA) is 75.8 Å². The zero-order valence-corrected chi connectivity index (χ0v) is 9.31. The highest BCUT2D eigenvalue weighted by atomic mass is 35.5. The number of aliphatic hydroxyl groups is 1. The fourth-order valence-electron chi connectivity index (χ4n) is 1.48. The van der Waals surface area contributed by atoms with Gasteiger partial charge in [0.05, 0.1) is 13.2 Å². The van der Waals surface area contributed by atoms with E-state index in [0.717, 1.165) is 5.69 Å². The monoisotopic (exact) mass is 244 g/mol. The van der Waals surface area contributed by atoms with Gasteiger partial charge in [-0.1, -0.05) is 0 Å². The summed E-state index contributed by atoms with van der Waals surface area (Å²) in [5, 5.41) is 8.87. The van der Waals surface area contributed by atoms with Gasteiger partial charge >= 0.3 is 6.09 Å². The number of aliphatic hydroxyl groups excluding tert-OH is 1. The minimum Gasteiger partial charge on any atom is -0.441 e. The van der Waals surface area contributed by atoms with Gasteiger partial charge in [0.15, 0.2) is 0 Å². The summed E-state index contributed by atoms with van der Waals surface area (Å²) < 4.78 is 4.91. The van der Waals surface area contributed by atoms with Crippen LogP contribution in [0.4, 0.5) is 16.2 Å². The molecule has 1 aromatic rings. The number of carbonyl (C=O) groups is 1. The van der Waals surface area contributed by atoms with Crippen LogP contribution in [0.2, 0.25) is 0 Å². The van der Waals surface area contributed by atoms with Gasteiger partial charge in [0.2, 0.25) is 0 Å². The number of hydrogen-bond donors (Lipinski definition) is 2. The lowest BCUT2D eigenvalue weighted by Crippen LogP contribution is -2.25. The number of halogens is 1. The van der Waals surface area contributed by atoms with E-state index in [9.17, 15) is 4.79 Å².